The van der Waals surface area contributed by atoms with Gasteiger partial charge in [0, 0.05) is 18.3 Å². The minimum Gasteiger partial charge on any atom is -0.494 e. The molecule has 0 saturated carbocycles. The van der Waals surface area contributed by atoms with Gasteiger partial charge in [-0.2, -0.15) is 0 Å². The van der Waals surface area contributed by atoms with Gasteiger partial charge in [0.15, 0.2) is 0 Å². The van der Waals surface area contributed by atoms with Crippen LogP contribution in [0, 0.1) is 6.92 Å². The molecule has 2 rings (SSSR count). The zero-order valence-corrected chi connectivity index (χ0v) is 14.5. The Hall–Kier alpha value is -1.96. The maximum absolute atomic E-state index is 5.86. The molecule has 0 heterocycles. The van der Waals surface area contributed by atoms with Crippen molar-refractivity contribution in [1.29, 1.82) is 0 Å². The molecule has 0 aliphatic heterocycles. The second-order valence-electron chi connectivity index (χ2n) is 6.13. The molecule has 0 amide bonds. The topological polar surface area (TPSA) is 21.3 Å². The molecule has 0 spiro atoms. The quantitative estimate of drug-likeness (QED) is 0.547. The third-order valence-electron chi connectivity index (χ3n) is 3.93. The summed E-state index contributed by atoms with van der Waals surface area (Å²) in [7, 11) is 0. The normalized spacial score (nSPS) is 10.5. The van der Waals surface area contributed by atoms with Crippen molar-refractivity contribution in [3.05, 3.63) is 59.7 Å². The maximum atomic E-state index is 5.86. The van der Waals surface area contributed by atoms with Crippen molar-refractivity contribution in [1.82, 2.24) is 0 Å². The van der Waals surface area contributed by atoms with E-state index in [1.807, 2.05) is 12.1 Å². The average molecular weight is 311 g/mol. The van der Waals surface area contributed by atoms with E-state index in [1.165, 1.54) is 36.8 Å². The summed E-state index contributed by atoms with van der Waals surface area (Å²) >= 11 is 0. The van der Waals surface area contributed by atoms with Crippen LogP contribution in [0.1, 0.15) is 50.2 Å². The van der Waals surface area contributed by atoms with E-state index in [4.69, 9.17) is 4.74 Å². The highest BCUT2D eigenvalue weighted by Crippen LogP contribution is 2.19. The number of unbranched alkanes of at least 4 members (excludes halogenated alkanes) is 4. The number of anilines is 1. The van der Waals surface area contributed by atoms with Gasteiger partial charge in [-0.1, -0.05) is 68.5 Å². The summed E-state index contributed by atoms with van der Waals surface area (Å²) in [6.07, 6.45) is 6.34. The predicted octanol–water partition coefficient (Wildman–Crippen LogP) is 5.96. The number of ether oxygens (including phenoxy) is 1. The molecule has 2 aromatic carbocycles. The molecule has 0 saturated heterocycles. The van der Waals surface area contributed by atoms with Gasteiger partial charge in [0.1, 0.15) is 5.75 Å². The Morgan fingerprint density at radius 3 is 2.57 bits per heavy atom. The number of aryl methyl sites for hydroxylation is 1. The molecule has 2 heteroatoms. The van der Waals surface area contributed by atoms with Crippen molar-refractivity contribution in [2.45, 2.75) is 52.5 Å². The minimum atomic E-state index is 0.811. The summed E-state index contributed by atoms with van der Waals surface area (Å²) in [6, 6.07) is 16.8. The smallest absolute Gasteiger partial charge is 0.121 e. The summed E-state index contributed by atoms with van der Waals surface area (Å²) < 4.78 is 5.86. The lowest BCUT2D eigenvalue weighted by molar-refractivity contribution is 0.304. The Morgan fingerprint density at radius 2 is 1.74 bits per heavy atom. The second-order valence-corrected chi connectivity index (χ2v) is 6.13. The third kappa shape index (κ3) is 6.77. The van der Waals surface area contributed by atoms with Crippen molar-refractivity contribution >= 4 is 5.69 Å². The zero-order chi connectivity index (χ0) is 16.3. The third-order valence-corrected chi connectivity index (χ3v) is 3.93. The van der Waals surface area contributed by atoms with Crippen LogP contribution >= 0.6 is 0 Å². The van der Waals surface area contributed by atoms with Crippen LogP contribution in [0.4, 0.5) is 5.69 Å². The number of benzene rings is 2. The zero-order valence-electron chi connectivity index (χ0n) is 14.5. The summed E-state index contributed by atoms with van der Waals surface area (Å²) in [6.45, 7) is 6.01. The maximum Gasteiger partial charge on any atom is 0.121 e. The van der Waals surface area contributed by atoms with E-state index in [9.17, 15) is 0 Å². The summed E-state index contributed by atoms with van der Waals surface area (Å²) in [5.74, 6) is 0.953. The van der Waals surface area contributed by atoms with Crippen molar-refractivity contribution < 1.29 is 4.74 Å². The lowest BCUT2D eigenvalue weighted by Gasteiger charge is -2.10. The number of nitrogens with one attached hydrogen (secondary N) is 1. The van der Waals surface area contributed by atoms with Gasteiger partial charge in [0.05, 0.1) is 6.61 Å². The first-order valence-corrected chi connectivity index (χ1v) is 8.80. The highest BCUT2D eigenvalue weighted by molar-refractivity contribution is 5.48. The van der Waals surface area contributed by atoms with Crippen molar-refractivity contribution in [3.63, 3.8) is 0 Å². The second kappa shape index (κ2) is 9.94. The van der Waals surface area contributed by atoms with E-state index < -0.39 is 0 Å². The molecule has 23 heavy (non-hydrogen) atoms. The molecule has 0 aromatic heterocycles. The lowest BCUT2D eigenvalue weighted by Crippen LogP contribution is -2.01. The fourth-order valence-electron chi connectivity index (χ4n) is 2.62. The average Bonchev–Trinajstić information content (AvgIpc) is 2.57. The van der Waals surface area contributed by atoms with Gasteiger partial charge in [0.2, 0.25) is 0 Å². The van der Waals surface area contributed by atoms with Crippen LogP contribution < -0.4 is 10.1 Å². The van der Waals surface area contributed by atoms with Crippen LogP contribution in [0.2, 0.25) is 0 Å². The molecule has 0 fully saturated rings. The molecule has 2 nitrogen and oxygen atoms in total. The molecule has 0 aliphatic rings. The molecule has 124 valence electrons. The van der Waals surface area contributed by atoms with Crippen LogP contribution in [0.15, 0.2) is 48.5 Å². The molecule has 2 aromatic rings. The van der Waals surface area contributed by atoms with E-state index in [1.54, 1.807) is 0 Å². The molecule has 0 aliphatic carbocycles. The Morgan fingerprint density at radius 1 is 0.913 bits per heavy atom. The van der Waals surface area contributed by atoms with Crippen LogP contribution in [0.3, 0.4) is 0 Å². The highest BCUT2D eigenvalue weighted by atomic mass is 16.5. The Balaban J connectivity index is 1.75. The summed E-state index contributed by atoms with van der Waals surface area (Å²) in [4.78, 5) is 0. The van der Waals surface area contributed by atoms with Crippen molar-refractivity contribution in [3.8, 4) is 5.75 Å². The van der Waals surface area contributed by atoms with Crippen LogP contribution in [-0.4, -0.2) is 6.61 Å². The Labute approximate surface area is 140 Å². The monoisotopic (exact) mass is 311 g/mol. The molecular weight excluding hydrogens is 282 g/mol. The molecule has 0 unspecified atom stereocenters. The SMILES string of the molecule is CCCCCCCOc1cccc(NCc2cccc(C)c2)c1. The van der Waals surface area contributed by atoms with Crippen molar-refractivity contribution in [2.24, 2.45) is 0 Å². The molecule has 1 N–H and O–H groups in total. The number of hydrogen-bond acceptors (Lipinski definition) is 2. The first-order chi connectivity index (χ1) is 11.3. The van der Waals surface area contributed by atoms with Gasteiger partial charge in [-0.3, -0.25) is 0 Å². The van der Waals surface area contributed by atoms with Gasteiger partial charge in [0.25, 0.3) is 0 Å². The van der Waals surface area contributed by atoms with Gasteiger partial charge < -0.3 is 10.1 Å². The highest BCUT2D eigenvalue weighted by Gasteiger charge is 1.98. The fraction of sp³-hybridized carbons (Fsp3) is 0.429. The van der Waals surface area contributed by atoms with Crippen LogP contribution in [-0.2, 0) is 6.54 Å². The lowest BCUT2D eigenvalue weighted by atomic mass is 10.1. The van der Waals surface area contributed by atoms with E-state index in [2.05, 4.69) is 55.6 Å². The molecular formula is C21H29NO. The minimum absolute atomic E-state index is 0.811. The first kappa shape index (κ1) is 17.4. The number of rotatable bonds is 10. The molecule has 0 bridgehead atoms. The van der Waals surface area contributed by atoms with Crippen LogP contribution in [0.5, 0.6) is 5.75 Å². The van der Waals surface area contributed by atoms with E-state index in [-0.39, 0.29) is 0 Å². The van der Waals surface area contributed by atoms with E-state index in [0.29, 0.717) is 0 Å². The van der Waals surface area contributed by atoms with E-state index in [0.717, 1.165) is 31.0 Å². The Kier molecular flexibility index (Phi) is 7.51. The standard InChI is InChI=1S/C21H29NO/c1-3-4-5-6-7-14-23-21-13-9-12-20(16-21)22-17-19-11-8-10-18(2)15-19/h8-13,15-16,22H,3-7,14,17H2,1-2H3. The van der Waals surface area contributed by atoms with Gasteiger partial charge in [-0.15, -0.1) is 0 Å². The van der Waals surface area contributed by atoms with E-state index >= 15 is 0 Å². The summed E-state index contributed by atoms with van der Waals surface area (Å²) in [5, 5.41) is 3.47. The van der Waals surface area contributed by atoms with Gasteiger partial charge in [-0.25, -0.2) is 0 Å². The number of hydrogen-bond donors (Lipinski definition) is 1. The fourth-order valence-corrected chi connectivity index (χ4v) is 2.62. The molecule has 0 atom stereocenters. The largest absolute Gasteiger partial charge is 0.494 e. The first-order valence-electron chi connectivity index (χ1n) is 8.80. The molecule has 0 radical (unpaired) electrons. The van der Waals surface area contributed by atoms with Crippen LogP contribution in [0.25, 0.3) is 0 Å². The summed E-state index contributed by atoms with van der Waals surface area (Å²) in [5.41, 5.74) is 3.70. The van der Waals surface area contributed by atoms with Gasteiger partial charge in [-0.05, 0) is 31.0 Å². The predicted molar refractivity (Wildman–Crippen MR) is 99.2 cm³/mol. The van der Waals surface area contributed by atoms with Gasteiger partial charge >= 0.3 is 0 Å². The van der Waals surface area contributed by atoms with Crippen molar-refractivity contribution in [2.75, 3.05) is 11.9 Å². The Bertz CT molecular complexity index is 580.